The van der Waals surface area contributed by atoms with E-state index >= 15 is 0 Å². The lowest BCUT2D eigenvalue weighted by atomic mass is 10.0. The first kappa shape index (κ1) is 20.5. The van der Waals surface area contributed by atoms with Crippen molar-refractivity contribution < 1.29 is 9.53 Å². The zero-order valence-electron chi connectivity index (χ0n) is 17.3. The monoisotopic (exact) mass is 417 g/mol. The summed E-state index contributed by atoms with van der Waals surface area (Å²) >= 11 is 1.77. The van der Waals surface area contributed by atoms with E-state index in [-0.39, 0.29) is 11.9 Å². The Hall–Kier alpha value is -2.72. The van der Waals surface area contributed by atoms with Crippen molar-refractivity contribution in [3.05, 3.63) is 95.1 Å². The van der Waals surface area contributed by atoms with E-state index in [1.807, 2.05) is 49.4 Å². The fourth-order valence-electron chi connectivity index (χ4n) is 3.76. The number of carbonyl (C=O) groups excluding carboxylic acids is 1. The van der Waals surface area contributed by atoms with Gasteiger partial charge in [-0.05, 0) is 79.3 Å². The minimum absolute atomic E-state index is 0.0191. The van der Waals surface area contributed by atoms with E-state index in [1.165, 1.54) is 34.4 Å². The predicted octanol–water partition coefficient (Wildman–Crippen LogP) is 5.84. The van der Waals surface area contributed by atoms with Crippen LogP contribution in [0, 0.1) is 0 Å². The summed E-state index contributed by atoms with van der Waals surface area (Å²) in [5, 5.41) is 3.11. The van der Waals surface area contributed by atoms with Crippen molar-refractivity contribution >= 4 is 17.7 Å². The van der Waals surface area contributed by atoms with Crippen LogP contribution < -0.4 is 10.1 Å². The molecule has 3 aromatic rings. The first-order chi connectivity index (χ1) is 14.7. The number of carbonyl (C=O) groups is 1. The van der Waals surface area contributed by atoms with E-state index in [1.54, 1.807) is 11.8 Å². The Morgan fingerprint density at radius 2 is 1.77 bits per heavy atom. The van der Waals surface area contributed by atoms with Gasteiger partial charge in [0, 0.05) is 16.2 Å². The summed E-state index contributed by atoms with van der Waals surface area (Å²) in [6.07, 6.45) is 3.56. The Kier molecular flexibility index (Phi) is 6.75. The topological polar surface area (TPSA) is 38.3 Å². The van der Waals surface area contributed by atoms with Crippen molar-refractivity contribution in [2.45, 2.75) is 37.1 Å². The zero-order valence-corrected chi connectivity index (χ0v) is 18.1. The average Bonchev–Trinajstić information content (AvgIpc) is 3.26. The molecule has 0 fully saturated rings. The van der Waals surface area contributed by atoms with Gasteiger partial charge in [-0.15, -0.1) is 11.8 Å². The van der Waals surface area contributed by atoms with Gasteiger partial charge < -0.3 is 10.1 Å². The number of thioether (sulfide) groups is 1. The zero-order chi connectivity index (χ0) is 20.8. The maximum atomic E-state index is 12.6. The molecule has 1 unspecified atom stereocenters. The van der Waals surface area contributed by atoms with Gasteiger partial charge in [-0.25, -0.2) is 0 Å². The van der Waals surface area contributed by atoms with Crippen LogP contribution in [0.2, 0.25) is 0 Å². The van der Waals surface area contributed by atoms with E-state index in [0.717, 1.165) is 17.9 Å². The van der Waals surface area contributed by atoms with Gasteiger partial charge in [0.1, 0.15) is 5.75 Å². The molecular formula is C26H27NO2S. The SMILES string of the molecule is CC(NC(=O)c1ccc(OCCSc2ccccc2)cc1)c1ccc2c(c1)CCC2. The molecule has 0 radical (unpaired) electrons. The van der Waals surface area contributed by atoms with Crippen molar-refractivity contribution in [2.75, 3.05) is 12.4 Å². The summed E-state index contributed by atoms with van der Waals surface area (Å²) in [5.41, 5.74) is 4.70. The van der Waals surface area contributed by atoms with Gasteiger partial charge >= 0.3 is 0 Å². The third-order valence-corrected chi connectivity index (χ3v) is 6.43. The Morgan fingerprint density at radius 3 is 2.57 bits per heavy atom. The summed E-state index contributed by atoms with van der Waals surface area (Å²) in [5.74, 6) is 1.60. The number of aryl methyl sites for hydroxylation is 2. The quantitative estimate of drug-likeness (QED) is 0.370. The minimum Gasteiger partial charge on any atom is -0.493 e. The average molecular weight is 418 g/mol. The third-order valence-electron chi connectivity index (χ3n) is 5.45. The fourth-order valence-corrected chi connectivity index (χ4v) is 4.51. The molecule has 0 saturated carbocycles. The van der Waals surface area contributed by atoms with Crippen molar-refractivity contribution in [2.24, 2.45) is 0 Å². The minimum atomic E-state index is -0.0609. The molecular weight excluding hydrogens is 390 g/mol. The van der Waals surface area contributed by atoms with Gasteiger partial charge in [-0.1, -0.05) is 36.4 Å². The van der Waals surface area contributed by atoms with Crippen LogP contribution >= 0.6 is 11.8 Å². The molecule has 0 bridgehead atoms. The fraction of sp³-hybridized carbons (Fsp3) is 0.269. The molecule has 1 N–H and O–H groups in total. The van der Waals surface area contributed by atoms with Crippen LogP contribution in [-0.2, 0) is 12.8 Å². The van der Waals surface area contributed by atoms with Gasteiger partial charge in [0.2, 0.25) is 0 Å². The van der Waals surface area contributed by atoms with Crippen LogP contribution in [-0.4, -0.2) is 18.3 Å². The summed E-state index contributed by atoms with van der Waals surface area (Å²) in [6, 6.07) is 24.2. The normalized spacial score (nSPS) is 13.5. The highest BCUT2D eigenvalue weighted by molar-refractivity contribution is 7.99. The van der Waals surface area contributed by atoms with Crippen LogP contribution in [0.5, 0.6) is 5.75 Å². The van der Waals surface area contributed by atoms with E-state index in [0.29, 0.717) is 12.2 Å². The summed E-state index contributed by atoms with van der Waals surface area (Å²) in [6.45, 7) is 2.66. The van der Waals surface area contributed by atoms with Crippen LogP contribution in [0.4, 0.5) is 0 Å². The number of amides is 1. The molecule has 154 valence electrons. The molecule has 1 amide bonds. The summed E-state index contributed by atoms with van der Waals surface area (Å²) in [7, 11) is 0. The molecule has 30 heavy (non-hydrogen) atoms. The van der Waals surface area contributed by atoms with Gasteiger partial charge in [0.25, 0.3) is 5.91 Å². The molecule has 3 aromatic carbocycles. The molecule has 1 atom stereocenters. The second-order valence-electron chi connectivity index (χ2n) is 7.61. The van der Waals surface area contributed by atoms with Crippen molar-refractivity contribution in [1.82, 2.24) is 5.32 Å². The van der Waals surface area contributed by atoms with Crippen molar-refractivity contribution in [3.63, 3.8) is 0 Å². The molecule has 4 heteroatoms. The van der Waals surface area contributed by atoms with Crippen molar-refractivity contribution in [3.8, 4) is 5.75 Å². The number of benzene rings is 3. The molecule has 1 aliphatic rings. The molecule has 1 aliphatic carbocycles. The highest BCUT2D eigenvalue weighted by Gasteiger charge is 2.15. The summed E-state index contributed by atoms with van der Waals surface area (Å²) < 4.78 is 5.80. The van der Waals surface area contributed by atoms with E-state index in [2.05, 4.69) is 35.6 Å². The highest BCUT2D eigenvalue weighted by atomic mass is 32.2. The van der Waals surface area contributed by atoms with Crippen LogP contribution in [0.15, 0.2) is 77.7 Å². The van der Waals surface area contributed by atoms with Gasteiger partial charge in [0.15, 0.2) is 0 Å². The summed E-state index contributed by atoms with van der Waals surface area (Å²) in [4.78, 5) is 13.9. The first-order valence-electron chi connectivity index (χ1n) is 10.5. The standard InChI is InChI=1S/C26H27NO2S/c1-19(22-11-10-20-6-5-7-23(20)18-22)27-26(28)21-12-14-24(15-13-21)29-16-17-30-25-8-3-2-4-9-25/h2-4,8-15,18-19H,5-7,16-17H2,1H3,(H,27,28). The molecule has 0 spiro atoms. The maximum absolute atomic E-state index is 12.6. The molecule has 4 rings (SSSR count). The number of nitrogens with one attached hydrogen (secondary N) is 1. The smallest absolute Gasteiger partial charge is 0.251 e. The number of ether oxygens (including phenoxy) is 1. The molecule has 0 aromatic heterocycles. The number of rotatable bonds is 8. The Bertz CT molecular complexity index is 986. The second-order valence-corrected chi connectivity index (χ2v) is 8.78. The number of hydrogen-bond acceptors (Lipinski definition) is 3. The third kappa shape index (κ3) is 5.25. The van der Waals surface area contributed by atoms with Gasteiger partial charge in [0.05, 0.1) is 12.6 Å². The maximum Gasteiger partial charge on any atom is 0.251 e. The molecule has 0 saturated heterocycles. The first-order valence-corrected chi connectivity index (χ1v) is 11.5. The highest BCUT2D eigenvalue weighted by Crippen LogP contribution is 2.25. The largest absolute Gasteiger partial charge is 0.493 e. The van der Waals surface area contributed by atoms with Crippen molar-refractivity contribution in [1.29, 1.82) is 0 Å². The number of fused-ring (bicyclic) bond motifs is 1. The van der Waals surface area contributed by atoms with Crippen LogP contribution in [0.3, 0.4) is 0 Å². The Labute approximate surface area is 182 Å². The number of hydrogen-bond donors (Lipinski definition) is 1. The predicted molar refractivity (Wildman–Crippen MR) is 123 cm³/mol. The molecule has 3 nitrogen and oxygen atoms in total. The lowest BCUT2D eigenvalue weighted by molar-refractivity contribution is 0.0940. The lowest BCUT2D eigenvalue weighted by Crippen LogP contribution is -2.26. The molecule has 0 heterocycles. The van der Waals surface area contributed by atoms with E-state index < -0.39 is 0 Å². The second kappa shape index (κ2) is 9.86. The van der Waals surface area contributed by atoms with Crippen LogP contribution in [0.1, 0.15) is 46.4 Å². The molecule has 0 aliphatic heterocycles. The lowest BCUT2D eigenvalue weighted by Gasteiger charge is -2.16. The van der Waals surface area contributed by atoms with Gasteiger partial charge in [-0.3, -0.25) is 4.79 Å². The van der Waals surface area contributed by atoms with Crippen LogP contribution in [0.25, 0.3) is 0 Å². The van der Waals surface area contributed by atoms with E-state index in [9.17, 15) is 4.79 Å². The Balaban J connectivity index is 1.26. The Morgan fingerprint density at radius 1 is 1.00 bits per heavy atom. The van der Waals surface area contributed by atoms with E-state index in [4.69, 9.17) is 4.74 Å². The van der Waals surface area contributed by atoms with Gasteiger partial charge in [-0.2, -0.15) is 0 Å².